The summed E-state index contributed by atoms with van der Waals surface area (Å²) in [6.07, 6.45) is 1.64. The third kappa shape index (κ3) is 4.50. The van der Waals surface area contributed by atoms with Crippen molar-refractivity contribution in [3.63, 3.8) is 0 Å². The Morgan fingerprint density at radius 3 is 2.42 bits per heavy atom. The van der Waals surface area contributed by atoms with Crippen molar-refractivity contribution in [2.45, 2.75) is 13.5 Å². The van der Waals surface area contributed by atoms with E-state index in [0.29, 0.717) is 34.1 Å². The average molecular weight is 447 g/mol. The van der Waals surface area contributed by atoms with Crippen LogP contribution in [0.1, 0.15) is 27.0 Å². The van der Waals surface area contributed by atoms with Crippen molar-refractivity contribution in [2.75, 3.05) is 14.2 Å². The Bertz CT molecular complexity index is 1260. The maximum absolute atomic E-state index is 13.0. The Hall–Kier alpha value is -4.33. The van der Waals surface area contributed by atoms with E-state index in [1.165, 1.54) is 12.1 Å². The number of hydrogen-bond donors (Lipinski definition) is 0. The molecule has 0 saturated heterocycles. The number of methoxy groups -OCH3 is 2. The van der Waals surface area contributed by atoms with Crippen LogP contribution >= 0.6 is 0 Å². The van der Waals surface area contributed by atoms with E-state index >= 15 is 0 Å². The van der Waals surface area contributed by atoms with Gasteiger partial charge in [0.05, 0.1) is 24.7 Å². The summed E-state index contributed by atoms with van der Waals surface area (Å²) in [6.45, 7) is 2.03. The summed E-state index contributed by atoms with van der Waals surface area (Å²) in [6, 6.07) is 14.9. The van der Waals surface area contributed by atoms with Gasteiger partial charge in [0, 0.05) is 29.8 Å². The average Bonchev–Trinajstić information content (AvgIpc) is 3.13. The number of rotatable bonds is 7. The molecule has 0 aromatic heterocycles. The van der Waals surface area contributed by atoms with Gasteiger partial charge in [-0.15, -0.1) is 0 Å². The lowest BCUT2D eigenvalue weighted by molar-refractivity contribution is -0.384. The predicted octanol–water partition coefficient (Wildman–Crippen LogP) is 5.12. The third-order valence-electron chi connectivity index (χ3n) is 5.22. The number of carbonyl (C=O) groups excluding carboxylic acids is 1. The second kappa shape index (κ2) is 9.04. The van der Waals surface area contributed by atoms with E-state index in [1.807, 2.05) is 6.92 Å². The Balaban J connectivity index is 1.54. The number of ether oxygens (including phenoxy) is 4. The number of ketones is 1. The molecular weight excluding hydrogens is 426 g/mol. The highest BCUT2D eigenvalue weighted by Crippen LogP contribution is 2.38. The maximum atomic E-state index is 13.0. The highest BCUT2D eigenvalue weighted by Gasteiger charge is 2.30. The Kier molecular flexibility index (Phi) is 5.99. The van der Waals surface area contributed by atoms with Crippen molar-refractivity contribution < 1.29 is 28.7 Å². The van der Waals surface area contributed by atoms with Crippen molar-refractivity contribution in [1.82, 2.24) is 0 Å². The van der Waals surface area contributed by atoms with Crippen LogP contribution in [-0.2, 0) is 6.61 Å². The van der Waals surface area contributed by atoms with E-state index in [-0.39, 0.29) is 23.8 Å². The highest BCUT2D eigenvalue weighted by molar-refractivity contribution is 6.15. The van der Waals surface area contributed by atoms with Gasteiger partial charge < -0.3 is 18.9 Å². The van der Waals surface area contributed by atoms with Gasteiger partial charge in [-0.2, -0.15) is 0 Å². The molecule has 1 aliphatic rings. The van der Waals surface area contributed by atoms with Crippen LogP contribution < -0.4 is 18.9 Å². The van der Waals surface area contributed by atoms with E-state index in [9.17, 15) is 14.9 Å². The molecule has 0 N–H and O–H groups in total. The first kappa shape index (κ1) is 21.9. The Labute approximate surface area is 190 Å². The molecule has 4 rings (SSSR count). The number of nitrogens with zero attached hydrogens (tertiary/aromatic N) is 1. The van der Waals surface area contributed by atoms with E-state index < -0.39 is 4.92 Å². The minimum atomic E-state index is -0.449. The first-order chi connectivity index (χ1) is 15.9. The van der Waals surface area contributed by atoms with Crippen LogP contribution in [0.25, 0.3) is 6.08 Å². The molecule has 0 radical (unpaired) electrons. The predicted molar refractivity (Wildman–Crippen MR) is 121 cm³/mol. The number of nitro groups is 1. The smallest absolute Gasteiger partial charge is 0.269 e. The van der Waals surface area contributed by atoms with Crippen LogP contribution in [0.5, 0.6) is 23.0 Å². The van der Waals surface area contributed by atoms with Gasteiger partial charge in [0.2, 0.25) is 5.78 Å². The zero-order valence-electron chi connectivity index (χ0n) is 18.3. The van der Waals surface area contributed by atoms with Gasteiger partial charge in [0.1, 0.15) is 29.6 Å². The number of carbonyl (C=O) groups is 1. The van der Waals surface area contributed by atoms with Gasteiger partial charge in [-0.1, -0.05) is 0 Å². The summed E-state index contributed by atoms with van der Waals surface area (Å²) in [7, 11) is 3.11. The fraction of sp³-hybridized carbons (Fsp3) is 0.160. The lowest BCUT2D eigenvalue weighted by Crippen LogP contribution is -2.00. The van der Waals surface area contributed by atoms with Gasteiger partial charge in [-0.05, 0) is 54.5 Å². The summed E-state index contributed by atoms with van der Waals surface area (Å²) >= 11 is 0. The van der Waals surface area contributed by atoms with Crippen molar-refractivity contribution >= 4 is 17.5 Å². The van der Waals surface area contributed by atoms with Crippen molar-refractivity contribution in [1.29, 1.82) is 0 Å². The largest absolute Gasteiger partial charge is 0.497 e. The molecule has 0 atom stereocenters. The van der Waals surface area contributed by atoms with E-state index in [0.717, 1.165) is 11.1 Å². The second-order valence-corrected chi connectivity index (χ2v) is 7.37. The number of Topliss-reactive ketones (excluding diaryl/α,β-unsaturated/α-hetero) is 1. The van der Waals surface area contributed by atoms with Crippen LogP contribution in [0, 0.1) is 17.0 Å². The minimum absolute atomic E-state index is 0.0202. The monoisotopic (exact) mass is 447 g/mol. The normalized spacial score (nSPS) is 13.4. The number of fused-ring (bicyclic) bond motifs is 1. The van der Waals surface area contributed by atoms with E-state index in [1.54, 1.807) is 62.8 Å². The van der Waals surface area contributed by atoms with Gasteiger partial charge in [-0.25, -0.2) is 0 Å². The first-order valence-corrected chi connectivity index (χ1v) is 10.1. The SMILES string of the molecule is COc1ccc(/C=C2\Oc3cc(OCc4ccc([N+](=O)[O-])cc4)cc(C)c3C2=O)c(OC)c1. The van der Waals surface area contributed by atoms with Crippen LogP contribution in [0.15, 0.2) is 60.4 Å². The summed E-state index contributed by atoms with van der Waals surface area (Å²) in [5.41, 5.74) is 2.69. The zero-order chi connectivity index (χ0) is 23.5. The quantitative estimate of drug-likeness (QED) is 0.282. The molecule has 0 amide bonds. The second-order valence-electron chi connectivity index (χ2n) is 7.37. The molecular formula is C25H21NO7. The molecule has 8 heteroatoms. The standard InChI is InChI=1S/C25H21NO7/c1-15-10-20(32-14-16-4-7-18(8-5-16)26(28)29)13-22-24(15)25(27)23(33-22)11-17-6-9-19(30-2)12-21(17)31-3/h4-13H,14H2,1-3H3/b23-11-. The Morgan fingerprint density at radius 1 is 1.00 bits per heavy atom. The van der Waals surface area contributed by atoms with Gasteiger partial charge in [0.15, 0.2) is 5.76 Å². The summed E-state index contributed by atoms with van der Waals surface area (Å²) in [5.74, 6) is 2.10. The number of nitro benzene ring substituents is 1. The lowest BCUT2D eigenvalue weighted by atomic mass is 10.0. The molecule has 0 bridgehead atoms. The third-order valence-corrected chi connectivity index (χ3v) is 5.22. The molecule has 0 aliphatic carbocycles. The summed E-state index contributed by atoms with van der Waals surface area (Å²) < 4.78 is 22.3. The molecule has 1 heterocycles. The number of allylic oxidation sites excluding steroid dienone is 1. The van der Waals surface area contributed by atoms with Gasteiger partial charge in [0.25, 0.3) is 5.69 Å². The fourth-order valence-electron chi connectivity index (χ4n) is 3.52. The molecule has 0 fully saturated rings. The van der Waals surface area contributed by atoms with Gasteiger partial charge in [-0.3, -0.25) is 14.9 Å². The number of hydrogen-bond acceptors (Lipinski definition) is 7. The molecule has 168 valence electrons. The molecule has 3 aromatic carbocycles. The molecule has 0 saturated carbocycles. The topological polar surface area (TPSA) is 97.1 Å². The maximum Gasteiger partial charge on any atom is 0.269 e. The van der Waals surface area contributed by atoms with E-state index in [4.69, 9.17) is 18.9 Å². The molecule has 0 unspecified atom stereocenters. The van der Waals surface area contributed by atoms with Crippen molar-refractivity contribution in [3.05, 3.63) is 92.7 Å². The first-order valence-electron chi connectivity index (χ1n) is 10.1. The molecule has 8 nitrogen and oxygen atoms in total. The van der Waals surface area contributed by atoms with Crippen molar-refractivity contribution in [3.8, 4) is 23.0 Å². The van der Waals surface area contributed by atoms with Gasteiger partial charge >= 0.3 is 0 Å². The lowest BCUT2D eigenvalue weighted by Gasteiger charge is -2.09. The van der Waals surface area contributed by atoms with Crippen LogP contribution in [0.4, 0.5) is 5.69 Å². The van der Waals surface area contributed by atoms with Crippen LogP contribution in [0.3, 0.4) is 0 Å². The molecule has 3 aromatic rings. The van der Waals surface area contributed by atoms with E-state index in [2.05, 4.69) is 0 Å². The molecule has 33 heavy (non-hydrogen) atoms. The zero-order valence-corrected chi connectivity index (χ0v) is 18.3. The molecule has 0 spiro atoms. The summed E-state index contributed by atoms with van der Waals surface area (Å²) in [4.78, 5) is 23.3. The number of non-ortho nitro benzene ring substituents is 1. The molecule has 1 aliphatic heterocycles. The Morgan fingerprint density at radius 2 is 1.76 bits per heavy atom. The number of aryl methyl sites for hydroxylation is 1. The minimum Gasteiger partial charge on any atom is -0.497 e. The van der Waals surface area contributed by atoms with Crippen molar-refractivity contribution in [2.24, 2.45) is 0 Å². The van der Waals surface area contributed by atoms with Crippen LogP contribution in [-0.4, -0.2) is 24.9 Å². The van der Waals surface area contributed by atoms with Crippen LogP contribution in [0.2, 0.25) is 0 Å². The number of benzene rings is 3. The fourth-order valence-corrected chi connectivity index (χ4v) is 3.52. The summed E-state index contributed by atoms with van der Waals surface area (Å²) in [5, 5.41) is 10.8. The highest BCUT2D eigenvalue weighted by atomic mass is 16.6.